The lowest BCUT2D eigenvalue weighted by atomic mass is 10.1. The van der Waals surface area contributed by atoms with Gasteiger partial charge in [0.2, 0.25) is 10.0 Å². The summed E-state index contributed by atoms with van der Waals surface area (Å²) in [4.78, 5) is 4.43. The van der Waals surface area contributed by atoms with E-state index in [1.165, 1.54) is 11.3 Å². The molecule has 0 aliphatic rings. The van der Waals surface area contributed by atoms with Gasteiger partial charge in [0.05, 0.1) is 16.1 Å². The Labute approximate surface area is 129 Å². The van der Waals surface area contributed by atoms with Crippen molar-refractivity contribution in [3.63, 3.8) is 0 Å². The molecule has 7 heteroatoms. The van der Waals surface area contributed by atoms with E-state index >= 15 is 0 Å². The van der Waals surface area contributed by atoms with Crippen LogP contribution in [0.25, 0.3) is 0 Å². The zero-order chi connectivity index (χ0) is 15.5. The SMILES string of the molecule is Cc1cc(C)c(S(=O)(=O)NCCc2cscn2)cc1CN. The maximum absolute atomic E-state index is 12.4. The lowest BCUT2D eigenvalue weighted by molar-refractivity contribution is 0.580. The van der Waals surface area contributed by atoms with Crippen LogP contribution in [0, 0.1) is 13.8 Å². The first-order valence-corrected chi connectivity index (χ1v) is 9.03. The fourth-order valence-corrected chi connectivity index (χ4v) is 4.04. The third kappa shape index (κ3) is 3.88. The van der Waals surface area contributed by atoms with Gasteiger partial charge in [-0.25, -0.2) is 18.1 Å². The molecule has 0 saturated heterocycles. The highest BCUT2D eigenvalue weighted by Gasteiger charge is 2.18. The first kappa shape index (κ1) is 16.1. The van der Waals surface area contributed by atoms with E-state index in [1.54, 1.807) is 18.5 Å². The molecule has 0 saturated carbocycles. The van der Waals surface area contributed by atoms with Gasteiger partial charge < -0.3 is 5.73 Å². The molecule has 2 rings (SSSR count). The van der Waals surface area contributed by atoms with Crippen molar-refractivity contribution in [1.82, 2.24) is 9.71 Å². The number of rotatable bonds is 6. The molecule has 1 aromatic heterocycles. The Morgan fingerprint density at radius 3 is 2.67 bits per heavy atom. The van der Waals surface area contributed by atoms with E-state index in [0.29, 0.717) is 24.4 Å². The van der Waals surface area contributed by atoms with Crippen molar-refractivity contribution in [1.29, 1.82) is 0 Å². The van der Waals surface area contributed by atoms with Crippen LogP contribution in [-0.4, -0.2) is 19.9 Å². The summed E-state index contributed by atoms with van der Waals surface area (Å²) in [6.07, 6.45) is 0.581. The van der Waals surface area contributed by atoms with E-state index in [1.807, 2.05) is 18.4 Å². The average Bonchev–Trinajstić information content (AvgIpc) is 2.91. The van der Waals surface area contributed by atoms with Gasteiger partial charge in [0, 0.05) is 24.9 Å². The zero-order valence-corrected chi connectivity index (χ0v) is 13.7. The number of hydrogen-bond acceptors (Lipinski definition) is 5. The Balaban J connectivity index is 2.15. The zero-order valence-electron chi connectivity index (χ0n) is 12.1. The van der Waals surface area contributed by atoms with Crippen LogP contribution in [0.15, 0.2) is 27.9 Å². The molecule has 1 heterocycles. The summed E-state index contributed by atoms with van der Waals surface area (Å²) in [5, 5.41) is 1.91. The summed E-state index contributed by atoms with van der Waals surface area (Å²) in [7, 11) is -3.52. The van der Waals surface area contributed by atoms with Crippen molar-refractivity contribution < 1.29 is 8.42 Å². The van der Waals surface area contributed by atoms with Gasteiger partial charge in [0.25, 0.3) is 0 Å². The molecule has 0 aliphatic carbocycles. The Morgan fingerprint density at radius 1 is 1.29 bits per heavy atom. The average molecular weight is 325 g/mol. The van der Waals surface area contributed by atoms with Crippen LogP contribution in [0.1, 0.15) is 22.4 Å². The molecule has 21 heavy (non-hydrogen) atoms. The number of aromatic nitrogens is 1. The molecular formula is C14H19N3O2S2. The predicted octanol–water partition coefficient (Wildman–Crippen LogP) is 1.74. The molecule has 0 aliphatic heterocycles. The summed E-state index contributed by atoms with van der Waals surface area (Å²) in [6, 6.07) is 3.52. The summed E-state index contributed by atoms with van der Waals surface area (Å²) < 4.78 is 27.4. The monoisotopic (exact) mass is 325 g/mol. The Morgan fingerprint density at radius 2 is 2.05 bits per heavy atom. The van der Waals surface area contributed by atoms with Crippen molar-refractivity contribution >= 4 is 21.4 Å². The molecule has 2 aromatic rings. The Bertz CT molecular complexity index is 710. The van der Waals surface area contributed by atoms with Gasteiger partial charge in [-0.3, -0.25) is 0 Å². The number of thiazole rings is 1. The smallest absolute Gasteiger partial charge is 0.240 e. The third-order valence-electron chi connectivity index (χ3n) is 3.30. The number of nitrogens with zero attached hydrogens (tertiary/aromatic N) is 1. The molecule has 0 spiro atoms. The highest BCUT2D eigenvalue weighted by atomic mass is 32.2. The van der Waals surface area contributed by atoms with Crippen LogP contribution in [-0.2, 0) is 23.0 Å². The van der Waals surface area contributed by atoms with Gasteiger partial charge >= 0.3 is 0 Å². The summed E-state index contributed by atoms with van der Waals surface area (Å²) in [5.74, 6) is 0. The van der Waals surface area contributed by atoms with Gasteiger partial charge in [-0.15, -0.1) is 11.3 Å². The number of nitrogens with one attached hydrogen (secondary N) is 1. The number of benzene rings is 1. The molecule has 0 bridgehead atoms. The highest BCUT2D eigenvalue weighted by Crippen LogP contribution is 2.20. The van der Waals surface area contributed by atoms with E-state index in [4.69, 9.17) is 5.73 Å². The molecule has 0 radical (unpaired) electrons. The predicted molar refractivity (Wildman–Crippen MR) is 84.8 cm³/mol. The van der Waals surface area contributed by atoms with Gasteiger partial charge in [-0.1, -0.05) is 6.07 Å². The van der Waals surface area contributed by atoms with Crippen molar-refractivity contribution in [2.45, 2.75) is 31.7 Å². The number of aryl methyl sites for hydroxylation is 2. The molecule has 0 fully saturated rings. The lowest BCUT2D eigenvalue weighted by Gasteiger charge is -2.12. The van der Waals surface area contributed by atoms with E-state index in [-0.39, 0.29) is 0 Å². The summed E-state index contributed by atoms with van der Waals surface area (Å²) in [6.45, 7) is 4.38. The van der Waals surface area contributed by atoms with Gasteiger partial charge in [-0.2, -0.15) is 0 Å². The first-order chi connectivity index (χ1) is 9.94. The Kier molecular flexibility index (Phi) is 5.10. The fraction of sp³-hybridized carbons (Fsp3) is 0.357. The van der Waals surface area contributed by atoms with Gasteiger partial charge in [0.15, 0.2) is 0 Å². The maximum Gasteiger partial charge on any atom is 0.240 e. The maximum atomic E-state index is 12.4. The molecule has 1 aromatic carbocycles. The van der Waals surface area contributed by atoms with Crippen molar-refractivity contribution in [2.75, 3.05) is 6.54 Å². The molecular weight excluding hydrogens is 306 g/mol. The molecule has 0 unspecified atom stereocenters. The van der Waals surface area contributed by atoms with E-state index in [0.717, 1.165) is 22.4 Å². The second kappa shape index (κ2) is 6.65. The third-order valence-corrected chi connectivity index (χ3v) is 5.54. The summed E-state index contributed by atoms with van der Waals surface area (Å²) >= 11 is 1.50. The van der Waals surface area contributed by atoms with Crippen molar-refractivity contribution in [3.05, 3.63) is 45.4 Å². The van der Waals surface area contributed by atoms with Crippen LogP contribution < -0.4 is 10.5 Å². The van der Waals surface area contributed by atoms with E-state index in [9.17, 15) is 8.42 Å². The van der Waals surface area contributed by atoms with Crippen molar-refractivity contribution in [2.24, 2.45) is 5.73 Å². The van der Waals surface area contributed by atoms with Crippen LogP contribution in [0.4, 0.5) is 0 Å². The molecule has 114 valence electrons. The van der Waals surface area contributed by atoms with Crippen LogP contribution >= 0.6 is 11.3 Å². The number of nitrogens with two attached hydrogens (primary N) is 1. The minimum absolute atomic E-state index is 0.298. The van der Waals surface area contributed by atoms with Crippen molar-refractivity contribution in [3.8, 4) is 0 Å². The van der Waals surface area contributed by atoms with Gasteiger partial charge in [-0.05, 0) is 36.6 Å². The molecule has 5 nitrogen and oxygen atoms in total. The van der Waals surface area contributed by atoms with Crippen LogP contribution in [0.3, 0.4) is 0 Å². The minimum atomic E-state index is -3.52. The lowest BCUT2D eigenvalue weighted by Crippen LogP contribution is -2.27. The molecule has 3 N–H and O–H groups in total. The molecule has 0 amide bonds. The topological polar surface area (TPSA) is 85.1 Å². The van der Waals surface area contributed by atoms with Crippen LogP contribution in [0.5, 0.6) is 0 Å². The minimum Gasteiger partial charge on any atom is -0.326 e. The second-order valence-electron chi connectivity index (χ2n) is 4.88. The fourth-order valence-electron chi connectivity index (χ4n) is 2.14. The standard InChI is InChI=1S/C14H19N3O2S2/c1-10-5-11(2)14(6-12(10)7-15)21(18,19)17-4-3-13-8-20-9-16-13/h5-6,8-9,17H,3-4,7,15H2,1-2H3. The van der Waals surface area contributed by atoms with Crippen LogP contribution in [0.2, 0.25) is 0 Å². The molecule has 0 atom stereocenters. The quantitative estimate of drug-likeness (QED) is 0.847. The Hall–Kier alpha value is -1.28. The second-order valence-corrected chi connectivity index (χ2v) is 7.33. The van der Waals surface area contributed by atoms with E-state index in [2.05, 4.69) is 9.71 Å². The first-order valence-electron chi connectivity index (χ1n) is 6.61. The van der Waals surface area contributed by atoms with E-state index < -0.39 is 10.0 Å². The number of hydrogen-bond donors (Lipinski definition) is 2. The highest BCUT2D eigenvalue weighted by molar-refractivity contribution is 7.89. The largest absolute Gasteiger partial charge is 0.326 e. The number of sulfonamides is 1. The van der Waals surface area contributed by atoms with Gasteiger partial charge in [0.1, 0.15) is 0 Å². The normalized spacial score (nSPS) is 11.8. The summed E-state index contributed by atoms with van der Waals surface area (Å²) in [5.41, 5.74) is 10.9.